The number of amides is 1. The van der Waals surface area contributed by atoms with Crippen molar-refractivity contribution in [2.24, 2.45) is 0 Å². The van der Waals surface area contributed by atoms with Gasteiger partial charge in [-0.05, 0) is 97.4 Å². The number of fused-ring (bicyclic) bond motifs is 2. The van der Waals surface area contributed by atoms with Crippen LogP contribution in [0.15, 0.2) is 97.1 Å². The molecule has 0 fully saturated rings. The molecule has 0 radical (unpaired) electrons. The number of alkyl halides is 6. The van der Waals surface area contributed by atoms with Crippen LogP contribution in [0.1, 0.15) is 44.3 Å². The van der Waals surface area contributed by atoms with Crippen LogP contribution in [0.3, 0.4) is 0 Å². The summed E-state index contributed by atoms with van der Waals surface area (Å²) in [5.41, 5.74) is -1.49. The Kier molecular flexibility index (Phi) is 10.2. The SMILES string of the molecule is CC(C)NC(=O)c1cc2cccc(Oc3ccc(C(F)(F)F)cc3)c2s1.O=C(O)c1cc2cccc(Oc3ccc(C(F)(F)F)cc3)c2s1. The number of aromatic carboxylic acids is 1. The van der Waals surface area contributed by atoms with Crippen LogP contribution in [0.5, 0.6) is 23.0 Å². The van der Waals surface area contributed by atoms with Gasteiger partial charge in [0.2, 0.25) is 0 Å². The molecule has 0 saturated carbocycles. The van der Waals surface area contributed by atoms with E-state index in [0.29, 0.717) is 32.2 Å². The van der Waals surface area contributed by atoms with Gasteiger partial charge in [0.05, 0.1) is 25.4 Å². The Morgan fingerprint density at radius 3 is 1.45 bits per heavy atom. The topological polar surface area (TPSA) is 84.9 Å². The van der Waals surface area contributed by atoms with Gasteiger partial charge < -0.3 is 19.9 Å². The van der Waals surface area contributed by atoms with Crippen molar-refractivity contribution in [2.75, 3.05) is 0 Å². The molecule has 0 unspecified atom stereocenters. The fraction of sp³-hybridized carbons (Fsp3) is 0.143. The molecule has 6 rings (SSSR count). The fourth-order valence-electron chi connectivity index (χ4n) is 4.46. The van der Waals surface area contributed by atoms with Crippen molar-refractivity contribution in [1.82, 2.24) is 5.32 Å². The van der Waals surface area contributed by atoms with Gasteiger partial charge in [0.1, 0.15) is 27.9 Å². The van der Waals surface area contributed by atoms with E-state index in [1.54, 1.807) is 36.4 Å². The lowest BCUT2D eigenvalue weighted by Gasteiger charge is -2.09. The zero-order valence-corrected chi connectivity index (χ0v) is 27.1. The summed E-state index contributed by atoms with van der Waals surface area (Å²) in [6.45, 7) is 3.76. The highest BCUT2D eigenvalue weighted by atomic mass is 32.1. The first-order chi connectivity index (χ1) is 23.1. The fourth-order valence-corrected chi connectivity index (χ4v) is 6.42. The summed E-state index contributed by atoms with van der Waals surface area (Å²) in [7, 11) is 0. The lowest BCUT2D eigenvalue weighted by Crippen LogP contribution is -2.29. The quantitative estimate of drug-likeness (QED) is 0.161. The average Bonchev–Trinajstić information content (AvgIpc) is 3.67. The molecule has 0 atom stereocenters. The van der Waals surface area contributed by atoms with Crippen molar-refractivity contribution in [2.45, 2.75) is 32.2 Å². The second kappa shape index (κ2) is 14.2. The molecule has 0 aliphatic rings. The number of benzene rings is 4. The van der Waals surface area contributed by atoms with Crippen LogP contribution in [-0.2, 0) is 12.4 Å². The first-order valence-electron chi connectivity index (χ1n) is 14.4. The third kappa shape index (κ3) is 8.69. The van der Waals surface area contributed by atoms with E-state index in [9.17, 15) is 35.9 Å². The van der Waals surface area contributed by atoms with Gasteiger partial charge in [0, 0.05) is 6.04 Å². The van der Waals surface area contributed by atoms with E-state index < -0.39 is 29.4 Å². The molecule has 14 heteroatoms. The van der Waals surface area contributed by atoms with Crippen LogP contribution in [0.4, 0.5) is 26.3 Å². The van der Waals surface area contributed by atoms with Crippen molar-refractivity contribution in [3.05, 3.63) is 118 Å². The van der Waals surface area contributed by atoms with Gasteiger partial charge in [-0.25, -0.2) is 4.79 Å². The van der Waals surface area contributed by atoms with E-state index in [-0.39, 0.29) is 22.6 Å². The van der Waals surface area contributed by atoms with E-state index >= 15 is 0 Å². The Morgan fingerprint density at radius 2 is 1.06 bits per heavy atom. The van der Waals surface area contributed by atoms with E-state index in [4.69, 9.17) is 14.6 Å². The number of carbonyl (C=O) groups is 2. The monoisotopic (exact) mass is 717 g/mol. The van der Waals surface area contributed by atoms with Crippen molar-refractivity contribution in [3.63, 3.8) is 0 Å². The lowest BCUT2D eigenvalue weighted by molar-refractivity contribution is -0.138. The van der Waals surface area contributed by atoms with Crippen molar-refractivity contribution in [3.8, 4) is 23.0 Å². The van der Waals surface area contributed by atoms with Crippen molar-refractivity contribution < 1.29 is 50.5 Å². The van der Waals surface area contributed by atoms with Gasteiger partial charge in [0.15, 0.2) is 0 Å². The largest absolute Gasteiger partial charge is 0.477 e. The number of carboxylic acid groups (broad SMARTS) is 1. The molecule has 2 N–H and O–H groups in total. The second-order valence-corrected chi connectivity index (χ2v) is 12.9. The van der Waals surface area contributed by atoms with Crippen LogP contribution in [-0.4, -0.2) is 23.0 Å². The maximum Gasteiger partial charge on any atom is 0.416 e. The number of carboxylic acids is 1. The molecular weight excluding hydrogens is 693 g/mol. The summed E-state index contributed by atoms with van der Waals surface area (Å²) < 4.78 is 88.3. The molecule has 4 aromatic carbocycles. The maximum atomic E-state index is 12.6. The minimum absolute atomic E-state index is 0.0237. The third-order valence-corrected chi connectivity index (χ3v) is 9.01. The van der Waals surface area contributed by atoms with Crippen LogP contribution >= 0.6 is 22.7 Å². The molecule has 0 bridgehead atoms. The molecule has 254 valence electrons. The van der Waals surface area contributed by atoms with E-state index in [2.05, 4.69) is 5.32 Å². The number of thiophene rings is 2. The van der Waals surface area contributed by atoms with Crippen LogP contribution in [0, 0.1) is 0 Å². The first kappa shape index (κ1) is 35.2. The Balaban J connectivity index is 0.000000192. The predicted octanol–water partition coefficient (Wildman–Crippen LogP) is 11.3. The maximum absolute atomic E-state index is 12.6. The number of ether oxygens (including phenoxy) is 2. The Hall–Kier alpha value is -5.08. The van der Waals surface area contributed by atoms with Gasteiger partial charge in [-0.2, -0.15) is 26.3 Å². The normalized spacial score (nSPS) is 11.7. The number of halogens is 6. The Bertz CT molecular complexity index is 2100. The summed E-state index contributed by atoms with van der Waals surface area (Å²) in [6.07, 6.45) is -8.78. The van der Waals surface area contributed by atoms with Crippen LogP contribution in [0.25, 0.3) is 20.2 Å². The molecule has 49 heavy (non-hydrogen) atoms. The second-order valence-electron chi connectivity index (χ2n) is 10.8. The van der Waals surface area contributed by atoms with Gasteiger partial charge in [-0.1, -0.05) is 24.3 Å². The highest BCUT2D eigenvalue weighted by Crippen LogP contribution is 2.39. The minimum Gasteiger partial charge on any atom is -0.477 e. The van der Waals surface area contributed by atoms with Gasteiger partial charge in [-0.3, -0.25) is 4.79 Å². The van der Waals surface area contributed by atoms with E-state index in [1.165, 1.54) is 41.7 Å². The molecular formula is C35H25F6NO5S2. The summed E-state index contributed by atoms with van der Waals surface area (Å²) in [6, 6.07) is 22.6. The summed E-state index contributed by atoms with van der Waals surface area (Å²) >= 11 is 2.34. The number of hydrogen-bond acceptors (Lipinski definition) is 6. The van der Waals surface area contributed by atoms with Crippen LogP contribution < -0.4 is 14.8 Å². The minimum atomic E-state index is -4.40. The van der Waals surface area contributed by atoms with E-state index in [0.717, 1.165) is 45.7 Å². The summed E-state index contributed by atoms with van der Waals surface area (Å²) in [5, 5.41) is 13.4. The highest BCUT2D eigenvalue weighted by molar-refractivity contribution is 7.21. The number of rotatable bonds is 7. The number of carbonyl (C=O) groups excluding carboxylic acids is 1. The smallest absolute Gasteiger partial charge is 0.416 e. The predicted molar refractivity (Wildman–Crippen MR) is 176 cm³/mol. The standard InChI is InChI=1S/C19H16F3NO2S.C16H9F3O3S/c1-11(2)23-18(24)16-10-12-4-3-5-15(17(12)26-16)25-14-8-6-13(7-9-14)19(20,21)22;17-16(18,19)10-4-6-11(7-5-10)22-12-3-1-2-9-8-13(15(20)21)23-14(9)12/h3-11H,1-2H3,(H,23,24);1-8H,(H,20,21). The van der Waals surface area contributed by atoms with Gasteiger partial charge >= 0.3 is 18.3 Å². The summed E-state index contributed by atoms with van der Waals surface area (Å²) in [5.74, 6) is 0.242. The molecule has 2 heterocycles. The molecule has 6 nitrogen and oxygen atoms in total. The zero-order chi connectivity index (χ0) is 35.5. The molecule has 2 aromatic heterocycles. The zero-order valence-electron chi connectivity index (χ0n) is 25.5. The molecule has 6 aromatic rings. The van der Waals surface area contributed by atoms with Crippen molar-refractivity contribution >= 4 is 54.7 Å². The first-order valence-corrected chi connectivity index (χ1v) is 16.0. The lowest BCUT2D eigenvalue weighted by atomic mass is 10.2. The van der Waals surface area contributed by atoms with E-state index in [1.807, 2.05) is 19.9 Å². The molecule has 1 amide bonds. The summed E-state index contributed by atoms with van der Waals surface area (Å²) in [4.78, 5) is 23.9. The third-order valence-electron chi connectivity index (χ3n) is 6.69. The molecule has 0 saturated heterocycles. The van der Waals surface area contributed by atoms with Gasteiger partial charge in [-0.15, -0.1) is 22.7 Å². The molecule has 0 aliphatic carbocycles. The van der Waals surface area contributed by atoms with Crippen molar-refractivity contribution in [1.29, 1.82) is 0 Å². The Morgan fingerprint density at radius 1 is 0.653 bits per heavy atom. The number of nitrogens with one attached hydrogen (secondary N) is 1. The highest BCUT2D eigenvalue weighted by Gasteiger charge is 2.31. The average molecular weight is 718 g/mol. The molecule has 0 aliphatic heterocycles. The Labute approximate surface area is 283 Å². The van der Waals surface area contributed by atoms with Crippen LogP contribution in [0.2, 0.25) is 0 Å². The molecule has 0 spiro atoms. The number of hydrogen-bond donors (Lipinski definition) is 2. The van der Waals surface area contributed by atoms with Gasteiger partial charge in [0.25, 0.3) is 5.91 Å².